The van der Waals surface area contributed by atoms with Crippen molar-refractivity contribution >= 4 is 12.1 Å². The number of aldehydes is 1. The lowest BCUT2D eigenvalue weighted by molar-refractivity contribution is -0.113. The predicted octanol–water partition coefficient (Wildman–Crippen LogP) is 2.97. The molecule has 5 heteroatoms. The largest absolute Gasteiger partial charge is 0.379 e. The fourth-order valence-electron chi connectivity index (χ4n) is 3.27. The van der Waals surface area contributed by atoms with E-state index in [9.17, 15) is 4.79 Å². The Labute approximate surface area is 145 Å². The van der Waals surface area contributed by atoms with Gasteiger partial charge in [-0.05, 0) is 30.0 Å². The number of morpholine rings is 1. The molecule has 3 rings (SSSR count). The average Bonchev–Trinajstić information content (AvgIpc) is 2.64. The summed E-state index contributed by atoms with van der Waals surface area (Å²) in [6, 6.07) is 4.16. The van der Waals surface area contributed by atoms with E-state index in [0.717, 1.165) is 51.4 Å². The van der Waals surface area contributed by atoms with Gasteiger partial charge in [-0.25, -0.2) is 4.98 Å². The summed E-state index contributed by atoms with van der Waals surface area (Å²) >= 11 is 0. The number of carbonyl (C=O) groups excluding carboxylic acids is 1. The normalized spacial score (nSPS) is 24.6. The van der Waals surface area contributed by atoms with Crippen molar-refractivity contribution in [3.63, 3.8) is 0 Å². The molecular weight excluding hydrogens is 302 g/mol. The molecule has 5 nitrogen and oxygen atoms in total. The van der Waals surface area contributed by atoms with E-state index in [1.165, 1.54) is 24.8 Å². The lowest BCUT2D eigenvalue weighted by Crippen LogP contribution is -2.35. The molecule has 2 aliphatic rings. The smallest absolute Gasteiger partial charge is 0.125 e. The summed E-state index contributed by atoms with van der Waals surface area (Å²) in [7, 11) is 1.89. The number of ether oxygens (including phenoxy) is 1. The van der Waals surface area contributed by atoms with Crippen LogP contribution in [-0.4, -0.2) is 49.5 Å². The number of pyridine rings is 1. The summed E-state index contributed by atoms with van der Waals surface area (Å²) in [5.74, 6) is 1.95. The molecule has 0 aromatic carbocycles. The number of aromatic nitrogens is 1. The van der Waals surface area contributed by atoms with Crippen molar-refractivity contribution in [2.75, 3.05) is 38.7 Å². The molecule has 0 spiro atoms. The van der Waals surface area contributed by atoms with Crippen LogP contribution in [0.3, 0.4) is 0 Å². The number of carbonyl (C=O) groups is 1. The molecule has 134 valence electrons. The highest BCUT2D eigenvalue weighted by Crippen LogP contribution is 2.27. The highest BCUT2D eigenvalue weighted by molar-refractivity contribution is 5.54. The van der Waals surface area contributed by atoms with Crippen LogP contribution >= 0.6 is 0 Å². The van der Waals surface area contributed by atoms with Gasteiger partial charge in [-0.2, -0.15) is 0 Å². The average molecular weight is 333 g/mol. The first-order valence-electron chi connectivity index (χ1n) is 9.11. The monoisotopic (exact) mass is 333 g/mol. The molecule has 1 aliphatic heterocycles. The molecule has 1 N–H and O–H groups in total. The Morgan fingerprint density at radius 3 is 2.71 bits per heavy atom. The van der Waals surface area contributed by atoms with Crippen molar-refractivity contribution in [3.05, 3.63) is 23.9 Å². The highest BCUT2D eigenvalue weighted by Gasteiger charge is 2.19. The fraction of sp³-hybridized carbons (Fsp3) is 0.684. The quantitative estimate of drug-likeness (QED) is 0.859. The second-order valence-corrected chi connectivity index (χ2v) is 6.75. The summed E-state index contributed by atoms with van der Waals surface area (Å²) in [5, 5.41) is 3.05. The first kappa shape index (κ1) is 18.9. The molecule has 2 atom stereocenters. The lowest BCUT2D eigenvalue weighted by atomic mass is 9.81. The van der Waals surface area contributed by atoms with Crippen LogP contribution < -0.4 is 5.32 Å². The van der Waals surface area contributed by atoms with Crippen LogP contribution in [0.15, 0.2) is 18.3 Å². The molecule has 24 heavy (non-hydrogen) atoms. The summed E-state index contributed by atoms with van der Waals surface area (Å²) in [4.78, 5) is 17.0. The number of rotatable bonds is 4. The molecule has 2 fully saturated rings. The van der Waals surface area contributed by atoms with Crippen LogP contribution in [0, 0.1) is 11.8 Å². The summed E-state index contributed by atoms with van der Waals surface area (Å²) in [5.41, 5.74) is 1.30. The van der Waals surface area contributed by atoms with Crippen LogP contribution in [0.5, 0.6) is 0 Å². The van der Waals surface area contributed by atoms with Crippen molar-refractivity contribution in [1.29, 1.82) is 0 Å². The maximum absolute atomic E-state index is 10.4. The lowest BCUT2D eigenvalue weighted by Gasteiger charge is -2.26. The summed E-state index contributed by atoms with van der Waals surface area (Å²) in [6.07, 6.45) is 7.94. The van der Waals surface area contributed by atoms with Gasteiger partial charge in [0.1, 0.15) is 12.1 Å². The van der Waals surface area contributed by atoms with Gasteiger partial charge in [0, 0.05) is 38.8 Å². The molecule has 0 radical (unpaired) electrons. The van der Waals surface area contributed by atoms with Crippen molar-refractivity contribution in [2.24, 2.45) is 11.8 Å². The molecular formula is C19H31N3O2. The zero-order valence-electron chi connectivity index (χ0n) is 15.0. The predicted molar refractivity (Wildman–Crippen MR) is 97.1 cm³/mol. The van der Waals surface area contributed by atoms with Gasteiger partial charge in [0.25, 0.3) is 0 Å². The number of hydrogen-bond acceptors (Lipinski definition) is 5. The third-order valence-electron chi connectivity index (χ3n) is 4.94. The van der Waals surface area contributed by atoms with Gasteiger partial charge in [-0.1, -0.05) is 26.2 Å². The number of hydrogen-bond donors (Lipinski definition) is 1. The minimum atomic E-state index is 0.374. The number of anilines is 1. The van der Waals surface area contributed by atoms with Crippen molar-refractivity contribution in [1.82, 2.24) is 9.88 Å². The van der Waals surface area contributed by atoms with Gasteiger partial charge in [-0.15, -0.1) is 0 Å². The molecule has 2 unspecified atom stereocenters. The van der Waals surface area contributed by atoms with E-state index in [1.807, 2.05) is 13.2 Å². The summed E-state index contributed by atoms with van der Waals surface area (Å²) in [6.45, 7) is 6.92. The van der Waals surface area contributed by atoms with Crippen molar-refractivity contribution in [3.8, 4) is 0 Å². The molecule has 1 saturated carbocycles. The van der Waals surface area contributed by atoms with E-state index >= 15 is 0 Å². The number of nitrogens with one attached hydrogen (secondary N) is 1. The Morgan fingerprint density at radius 2 is 2.08 bits per heavy atom. The fourth-order valence-corrected chi connectivity index (χ4v) is 3.27. The third kappa shape index (κ3) is 6.21. The van der Waals surface area contributed by atoms with Gasteiger partial charge in [0.2, 0.25) is 0 Å². The second-order valence-electron chi connectivity index (χ2n) is 6.75. The van der Waals surface area contributed by atoms with Crippen molar-refractivity contribution < 1.29 is 9.53 Å². The minimum absolute atomic E-state index is 0.374. The molecule has 2 heterocycles. The Hall–Kier alpha value is -1.46. The van der Waals surface area contributed by atoms with Crippen molar-refractivity contribution in [2.45, 2.75) is 39.2 Å². The van der Waals surface area contributed by atoms with Gasteiger partial charge in [0.05, 0.1) is 13.2 Å². The first-order valence-corrected chi connectivity index (χ1v) is 9.11. The molecule has 1 saturated heterocycles. The topological polar surface area (TPSA) is 54.5 Å². The molecule has 1 aliphatic carbocycles. The van der Waals surface area contributed by atoms with E-state index in [2.05, 4.69) is 34.3 Å². The second kappa shape index (κ2) is 10.4. The van der Waals surface area contributed by atoms with Crippen LogP contribution in [0.2, 0.25) is 0 Å². The van der Waals surface area contributed by atoms with Crippen LogP contribution in [0.25, 0.3) is 0 Å². The van der Waals surface area contributed by atoms with Gasteiger partial charge < -0.3 is 14.8 Å². The Kier molecular flexibility index (Phi) is 8.19. The standard InChI is InChI=1S/C11H17N3O.C8H14O/c1-12-11-8-10(2-3-13-11)9-14-4-6-15-7-5-14;1-7-4-2-3-5-8(7)6-9/h2-3,8H,4-7,9H2,1H3,(H,12,13);6-8H,2-5H2,1H3. The number of nitrogens with zero attached hydrogens (tertiary/aromatic N) is 2. The molecule has 0 bridgehead atoms. The van der Waals surface area contributed by atoms with E-state index in [4.69, 9.17) is 4.74 Å². The van der Waals surface area contributed by atoms with Crippen LogP contribution in [0.4, 0.5) is 5.82 Å². The Morgan fingerprint density at radius 1 is 1.33 bits per heavy atom. The molecule has 1 aromatic rings. The zero-order valence-corrected chi connectivity index (χ0v) is 15.0. The Balaban J connectivity index is 0.000000198. The van der Waals surface area contributed by atoms with E-state index in [1.54, 1.807) is 0 Å². The minimum Gasteiger partial charge on any atom is -0.379 e. The summed E-state index contributed by atoms with van der Waals surface area (Å²) < 4.78 is 5.32. The highest BCUT2D eigenvalue weighted by atomic mass is 16.5. The van der Waals surface area contributed by atoms with Gasteiger partial charge >= 0.3 is 0 Å². The van der Waals surface area contributed by atoms with Gasteiger partial charge in [-0.3, -0.25) is 4.90 Å². The maximum atomic E-state index is 10.4. The van der Waals surface area contributed by atoms with Crippen LogP contribution in [0.1, 0.15) is 38.2 Å². The van der Waals surface area contributed by atoms with Crippen LogP contribution in [-0.2, 0) is 16.1 Å². The maximum Gasteiger partial charge on any atom is 0.125 e. The molecule has 1 aromatic heterocycles. The third-order valence-corrected chi connectivity index (χ3v) is 4.94. The zero-order chi connectivity index (χ0) is 17.2. The first-order chi connectivity index (χ1) is 11.7. The molecule has 0 amide bonds. The van der Waals surface area contributed by atoms with E-state index in [0.29, 0.717) is 11.8 Å². The van der Waals surface area contributed by atoms with E-state index < -0.39 is 0 Å². The Bertz CT molecular complexity index is 489. The van der Waals surface area contributed by atoms with E-state index in [-0.39, 0.29) is 0 Å². The SMILES string of the molecule is CC1CCCCC1C=O.CNc1cc(CN2CCOCC2)ccn1. The van der Waals surface area contributed by atoms with Gasteiger partial charge in [0.15, 0.2) is 0 Å².